The van der Waals surface area contributed by atoms with Gasteiger partial charge < -0.3 is 5.32 Å². The predicted molar refractivity (Wildman–Crippen MR) is 65.3 cm³/mol. The van der Waals surface area contributed by atoms with Crippen LogP contribution >= 0.6 is 11.8 Å². The standard InChI is InChI=1S/C11H19NO3S/c1-3-9(13)8-12-10(14)6-4-5-7-11(15)16-2/h3-8H2,1-2H3,(H,12,14). The Morgan fingerprint density at radius 1 is 1.12 bits per heavy atom. The SMILES string of the molecule is CCC(=O)CNC(=O)CCCCC(=O)SC. The zero-order valence-electron chi connectivity index (χ0n) is 9.88. The minimum atomic E-state index is -0.113. The summed E-state index contributed by atoms with van der Waals surface area (Å²) in [5.41, 5.74) is 0. The Morgan fingerprint density at radius 3 is 2.31 bits per heavy atom. The Bertz CT molecular complexity index is 254. The third kappa shape index (κ3) is 8.47. The summed E-state index contributed by atoms with van der Waals surface area (Å²) in [4.78, 5) is 33.1. The van der Waals surface area contributed by atoms with Crippen LogP contribution in [-0.2, 0) is 14.4 Å². The van der Waals surface area contributed by atoms with Gasteiger partial charge in [-0.05, 0) is 19.1 Å². The Hall–Kier alpha value is -0.840. The second-order valence-corrected chi connectivity index (χ2v) is 4.32. The molecule has 4 nitrogen and oxygen atoms in total. The summed E-state index contributed by atoms with van der Waals surface area (Å²) in [6.45, 7) is 1.89. The number of unbranched alkanes of at least 4 members (excludes halogenated alkanes) is 1. The van der Waals surface area contributed by atoms with Crippen molar-refractivity contribution in [3.63, 3.8) is 0 Å². The maximum absolute atomic E-state index is 11.2. The fraction of sp³-hybridized carbons (Fsp3) is 0.727. The van der Waals surface area contributed by atoms with E-state index < -0.39 is 0 Å². The van der Waals surface area contributed by atoms with Gasteiger partial charge in [-0.25, -0.2) is 0 Å². The third-order valence-electron chi connectivity index (χ3n) is 2.14. The summed E-state index contributed by atoms with van der Waals surface area (Å²) in [7, 11) is 0. The minimum absolute atomic E-state index is 0.0333. The highest BCUT2D eigenvalue weighted by molar-refractivity contribution is 8.13. The van der Waals surface area contributed by atoms with Crippen molar-refractivity contribution >= 4 is 28.6 Å². The maximum Gasteiger partial charge on any atom is 0.220 e. The van der Waals surface area contributed by atoms with E-state index in [4.69, 9.17) is 0 Å². The summed E-state index contributed by atoms with van der Waals surface area (Å²) in [6, 6.07) is 0. The highest BCUT2D eigenvalue weighted by Crippen LogP contribution is 2.06. The first-order valence-electron chi connectivity index (χ1n) is 5.45. The molecule has 0 unspecified atom stereocenters. The van der Waals surface area contributed by atoms with Gasteiger partial charge in [-0.2, -0.15) is 0 Å². The molecule has 0 aliphatic carbocycles. The summed E-state index contributed by atoms with van der Waals surface area (Å²) in [5.74, 6) is -0.0793. The topological polar surface area (TPSA) is 63.2 Å². The van der Waals surface area contributed by atoms with Gasteiger partial charge in [0.1, 0.15) is 0 Å². The monoisotopic (exact) mass is 245 g/mol. The third-order valence-corrected chi connectivity index (χ3v) is 2.80. The molecule has 0 fully saturated rings. The largest absolute Gasteiger partial charge is 0.349 e. The molecule has 0 heterocycles. The highest BCUT2D eigenvalue weighted by atomic mass is 32.2. The number of hydrogen-bond acceptors (Lipinski definition) is 4. The van der Waals surface area contributed by atoms with Gasteiger partial charge in [0.2, 0.25) is 5.91 Å². The van der Waals surface area contributed by atoms with E-state index in [1.54, 1.807) is 13.2 Å². The number of rotatable bonds is 8. The van der Waals surface area contributed by atoms with Gasteiger partial charge in [0, 0.05) is 19.3 Å². The summed E-state index contributed by atoms with van der Waals surface area (Å²) >= 11 is 1.22. The number of Topliss-reactive ketones (excluding diaryl/α,β-unsaturated/α-hetero) is 1. The Morgan fingerprint density at radius 2 is 1.75 bits per heavy atom. The molecule has 0 aromatic heterocycles. The smallest absolute Gasteiger partial charge is 0.220 e. The molecule has 0 spiro atoms. The molecule has 0 rings (SSSR count). The number of amides is 1. The van der Waals surface area contributed by atoms with E-state index in [1.165, 1.54) is 11.8 Å². The lowest BCUT2D eigenvalue weighted by molar-refractivity contribution is -0.125. The van der Waals surface area contributed by atoms with Crippen molar-refractivity contribution in [2.75, 3.05) is 12.8 Å². The summed E-state index contributed by atoms with van der Waals surface area (Å²) < 4.78 is 0. The van der Waals surface area contributed by atoms with Crippen molar-refractivity contribution in [3.05, 3.63) is 0 Å². The van der Waals surface area contributed by atoms with Gasteiger partial charge in [-0.1, -0.05) is 18.7 Å². The van der Waals surface area contributed by atoms with Crippen LogP contribution in [0.4, 0.5) is 0 Å². The molecule has 0 bridgehead atoms. The molecule has 0 aromatic rings. The summed E-state index contributed by atoms with van der Waals surface area (Å²) in [5, 5.41) is 2.71. The molecule has 5 heteroatoms. The summed E-state index contributed by atoms with van der Waals surface area (Å²) in [6.07, 6.45) is 4.53. The zero-order chi connectivity index (χ0) is 12.4. The van der Waals surface area contributed by atoms with E-state index in [-0.39, 0.29) is 23.4 Å². The zero-order valence-corrected chi connectivity index (χ0v) is 10.7. The molecule has 0 atom stereocenters. The molecule has 0 aliphatic heterocycles. The molecule has 1 N–H and O–H groups in total. The molecule has 0 saturated heterocycles. The van der Waals surface area contributed by atoms with Crippen LogP contribution in [0.1, 0.15) is 39.0 Å². The van der Waals surface area contributed by atoms with E-state index in [1.807, 2.05) is 0 Å². The first-order chi connectivity index (χ1) is 7.60. The fourth-order valence-corrected chi connectivity index (χ4v) is 1.42. The molecular weight excluding hydrogens is 226 g/mol. The van der Waals surface area contributed by atoms with Gasteiger partial charge in [-0.3, -0.25) is 14.4 Å². The van der Waals surface area contributed by atoms with Crippen molar-refractivity contribution < 1.29 is 14.4 Å². The lowest BCUT2D eigenvalue weighted by atomic mass is 10.2. The highest BCUT2D eigenvalue weighted by Gasteiger charge is 2.04. The number of carbonyl (C=O) groups is 3. The van der Waals surface area contributed by atoms with E-state index in [0.29, 0.717) is 25.7 Å². The van der Waals surface area contributed by atoms with E-state index >= 15 is 0 Å². The average Bonchev–Trinajstić information content (AvgIpc) is 2.31. The van der Waals surface area contributed by atoms with Crippen LogP contribution in [0, 0.1) is 0 Å². The minimum Gasteiger partial charge on any atom is -0.349 e. The Kier molecular flexibility index (Phi) is 8.90. The Labute approximate surface area is 101 Å². The van der Waals surface area contributed by atoms with Crippen LogP contribution in [0.2, 0.25) is 0 Å². The quantitative estimate of drug-likeness (QED) is 0.659. The van der Waals surface area contributed by atoms with E-state index in [9.17, 15) is 14.4 Å². The number of ketones is 1. The molecule has 0 saturated carbocycles. The molecule has 0 aliphatic rings. The molecule has 92 valence electrons. The van der Waals surface area contributed by atoms with Crippen molar-refractivity contribution in [2.45, 2.75) is 39.0 Å². The second-order valence-electron chi connectivity index (χ2n) is 3.45. The first-order valence-corrected chi connectivity index (χ1v) is 6.67. The van der Waals surface area contributed by atoms with Gasteiger partial charge >= 0.3 is 0 Å². The van der Waals surface area contributed by atoms with Crippen molar-refractivity contribution in [1.29, 1.82) is 0 Å². The first kappa shape index (κ1) is 15.2. The van der Waals surface area contributed by atoms with Crippen LogP contribution in [-0.4, -0.2) is 29.6 Å². The van der Waals surface area contributed by atoms with Crippen LogP contribution < -0.4 is 5.32 Å². The van der Waals surface area contributed by atoms with Gasteiger partial charge in [-0.15, -0.1) is 0 Å². The Balaban J connectivity index is 3.44. The number of carbonyl (C=O) groups excluding carboxylic acids is 3. The predicted octanol–water partition coefficient (Wildman–Crippen LogP) is 1.53. The van der Waals surface area contributed by atoms with Crippen LogP contribution in [0.25, 0.3) is 0 Å². The molecule has 0 aromatic carbocycles. The molecule has 0 radical (unpaired) electrons. The van der Waals surface area contributed by atoms with Crippen LogP contribution in [0.3, 0.4) is 0 Å². The normalized spacial score (nSPS) is 9.88. The van der Waals surface area contributed by atoms with Gasteiger partial charge in [0.15, 0.2) is 10.9 Å². The lowest BCUT2D eigenvalue weighted by Gasteiger charge is -2.03. The van der Waals surface area contributed by atoms with Crippen molar-refractivity contribution in [1.82, 2.24) is 5.32 Å². The number of hydrogen-bond donors (Lipinski definition) is 1. The van der Waals surface area contributed by atoms with Crippen molar-refractivity contribution in [2.24, 2.45) is 0 Å². The van der Waals surface area contributed by atoms with Gasteiger partial charge in [0.25, 0.3) is 0 Å². The number of thioether (sulfide) groups is 1. The van der Waals surface area contributed by atoms with Crippen molar-refractivity contribution in [3.8, 4) is 0 Å². The van der Waals surface area contributed by atoms with E-state index in [0.717, 1.165) is 6.42 Å². The van der Waals surface area contributed by atoms with Crippen LogP contribution in [0.5, 0.6) is 0 Å². The number of nitrogens with one attached hydrogen (secondary N) is 1. The second kappa shape index (κ2) is 9.39. The van der Waals surface area contributed by atoms with Crippen LogP contribution in [0.15, 0.2) is 0 Å². The van der Waals surface area contributed by atoms with Gasteiger partial charge in [0.05, 0.1) is 6.54 Å². The van der Waals surface area contributed by atoms with E-state index in [2.05, 4.69) is 5.32 Å². The lowest BCUT2D eigenvalue weighted by Crippen LogP contribution is -2.28. The maximum atomic E-state index is 11.2. The molecule has 16 heavy (non-hydrogen) atoms. The molecule has 1 amide bonds. The molecular formula is C11H19NO3S. The average molecular weight is 245 g/mol. The fourth-order valence-electron chi connectivity index (χ4n) is 1.07.